The second kappa shape index (κ2) is 6.44. The maximum absolute atomic E-state index is 12.8. The highest BCUT2D eigenvalue weighted by Gasteiger charge is 2.31. The summed E-state index contributed by atoms with van der Waals surface area (Å²) in [5.74, 6) is 0. The van der Waals surface area contributed by atoms with E-state index < -0.39 is 11.7 Å². The lowest BCUT2D eigenvalue weighted by molar-refractivity contribution is -0.137. The van der Waals surface area contributed by atoms with Gasteiger partial charge >= 0.3 is 6.18 Å². The Labute approximate surface area is 139 Å². The maximum atomic E-state index is 12.8. The van der Waals surface area contributed by atoms with Crippen LogP contribution in [-0.2, 0) is 6.18 Å². The van der Waals surface area contributed by atoms with Crippen molar-refractivity contribution < 1.29 is 13.2 Å². The van der Waals surface area contributed by atoms with Gasteiger partial charge in [0.1, 0.15) is 0 Å². The minimum Gasteiger partial charge on any atom is -0.378 e. The summed E-state index contributed by atoms with van der Waals surface area (Å²) in [5, 5.41) is 3.10. The molecule has 0 aromatic heterocycles. The molecule has 2 aromatic carbocycles. The second-order valence-electron chi connectivity index (χ2n) is 4.64. The lowest BCUT2D eigenvalue weighted by atomic mass is 10.1. The van der Waals surface area contributed by atoms with Gasteiger partial charge in [-0.3, -0.25) is 0 Å². The molecule has 0 aliphatic rings. The molecule has 1 atom stereocenters. The smallest absolute Gasteiger partial charge is 0.378 e. The van der Waals surface area contributed by atoms with Crippen LogP contribution in [0, 0.1) is 3.57 Å². The van der Waals surface area contributed by atoms with Crippen LogP contribution < -0.4 is 5.32 Å². The van der Waals surface area contributed by atoms with Crippen LogP contribution in [0.2, 0.25) is 5.02 Å². The molecule has 0 fully saturated rings. The first-order chi connectivity index (χ1) is 9.75. The molecule has 21 heavy (non-hydrogen) atoms. The van der Waals surface area contributed by atoms with Crippen molar-refractivity contribution in [2.45, 2.75) is 19.1 Å². The number of nitrogens with one attached hydrogen (secondary N) is 1. The van der Waals surface area contributed by atoms with E-state index >= 15 is 0 Å². The Kier molecular flexibility index (Phi) is 5.03. The van der Waals surface area contributed by atoms with Crippen molar-refractivity contribution >= 4 is 39.9 Å². The molecule has 0 spiro atoms. The third-order valence-electron chi connectivity index (χ3n) is 2.98. The quantitative estimate of drug-likeness (QED) is 0.583. The molecular formula is C15H12ClF3IN. The van der Waals surface area contributed by atoms with Crippen molar-refractivity contribution in [2.24, 2.45) is 0 Å². The van der Waals surface area contributed by atoms with E-state index in [-0.39, 0.29) is 11.1 Å². The van der Waals surface area contributed by atoms with Gasteiger partial charge in [-0.15, -0.1) is 0 Å². The number of benzene rings is 2. The van der Waals surface area contributed by atoms with Crippen LogP contribution in [0.3, 0.4) is 0 Å². The van der Waals surface area contributed by atoms with Gasteiger partial charge in [-0.25, -0.2) is 0 Å². The van der Waals surface area contributed by atoms with E-state index in [9.17, 15) is 13.2 Å². The molecular weight excluding hydrogens is 414 g/mol. The fraction of sp³-hybridized carbons (Fsp3) is 0.200. The third kappa shape index (κ3) is 4.51. The van der Waals surface area contributed by atoms with Gasteiger partial charge in [0.2, 0.25) is 0 Å². The highest BCUT2D eigenvalue weighted by molar-refractivity contribution is 14.1. The number of halogens is 5. The Bertz CT molecular complexity index is 626. The number of hydrogen-bond acceptors (Lipinski definition) is 1. The van der Waals surface area contributed by atoms with Gasteiger partial charge in [0.15, 0.2) is 0 Å². The Morgan fingerprint density at radius 3 is 2.29 bits per heavy atom. The maximum Gasteiger partial charge on any atom is 0.416 e. The van der Waals surface area contributed by atoms with Gasteiger partial charge in [-0.2, -0.15) is 13.2 Å². The van der Waals surface area contributed by atoms with Crippen molar-refractivity contribution in [3.05, 3.63) is 62.2 Å². The summed E-state index contributed by atoms with van der Waals surface area (Å²) < 4.78 is 39.4. The van der Waals surface area contributed by atoms with Crippen LogP contribution in [0.1, 0.15) is 24.1 Å². The minimum absolute atomic E-state index is 0.0575. The van der Waals surface area contributed by atoms with Crippen molar-refractivity contribution in [1.29, 1.82) is 0 Å². The zero-order chi connectivity index (χ0) is 15.6. The molecule has 1 nitrogen and oxygen atoms in total. The molecule has 0 aliphatic carbocycles. The Morgan fingerprint density at radius 2 is 1.71 bits per heavy atom. The highest BCUT2D eigenvalue weighted by atomic mass is 127. The first kappa shape index (κ1) is 16.4. The van der Waals surface area contributed by atoms with E-state index in [1.54, 1.807) is 0 Å². The molecule has 0 amide bonds. The van der Waals surface area contributed by atoms with Crippen LogP contribution in [0.15, 0.2) is 42.5 Å². The first-order valence-corrected chi connectivity index (χ1v) is 7.61. The lowest BCUT2D eigenvalue weighted by Crippen LogP contribution is -2.09. The predicted octanol–water partition coefficient (Wildman–Crippen LogP) is 6.14. The topological polar surface area (TPSA) is 12.0 Å². The van der Waals surface area contributed by atoms with E-state index in [2.05, 4.69) is 27.9 Å². The molecule has 2 rings (SSSR count). The number of alkyl halides is 3. The molecule has 6 heteroatoms. The summed E-state index contributed by atoms with van der Waals surface area (Å²) in [4.78, 5) is 0. The SMILES string of the molecule is CC(Nc1cc(Cl)cc(C(F)(F)F)c1)c1ccc(I)cc1. The van der Waals surface area contributed by atoms with E-state index in [0.717, 1.165) is 21.3 Å². The monoisotopic (exact) mass is 425 g/mol. The minimum atomic E-state index is -4.41. The highest BCUT2D eigenvalue weighted by Crippen LogP contribution is 2.34. The Balaban J connectivity index is 2.23. The molecule has 0 radical (unpaired) electrons. The van der Waals surface area contributed by atoms with Crippen molar-refractivity contribution in [1.82, 2.24) is 0 Å². The van der Waals surface area contributed by atoms with Gasteiger partial charge in [0.25, 0.3) is 0 Å². The van der Waals surface area contributed by atoms with E-state index in [1.165, 1.54) is 6.07 Å². The van der Waals surface area contributed by atoms with Crippen molar-refractivity contribution in [2.75, 3.05) is 5.32 Å². The molecule has 0 bridgehead atoms. The summed E-state index contributed by atoms with van der Waals surface area (Å²) in [7, 11) is 0. The van der Waals surface area contributed by atoms with Crippen LogP contribution in [0.4, 0.5) is 18.9 Å². The second-order valence-corrected chi connectivity index (χ2v) is 6.33. The molecule has 1 N–H and O–H groups in total. The van der Waals surface area contributed by atoms with Gasteiger partial charge in [0, 0.05) is 20.3 Å². The third-order valence-corrected chi connectivity index (χ3v) is 3.92. The fourth-order valence-corrected chi connectivity index (χ4v) is 2.52. The summed E-state index contributed by atoms with van der Waals surface area (Å²) in [6.07, 6.45) is -4.41. The van der Waals surface area contributed by atoms with E-state index in [4.69, 9.17) is 11.6 Å². The molecule has 0 aliphatic heterocycles. The zero-order valence-electron chi connectivity index (χ0n) is 11.0. The fourth-order valence-electron chi connectivity index (χ4n) is 1.92. The van der Waals surface area contributed by atoms with E-state index in [1.807, 2.05) is 31.2 Å². The van der Waals surface area contributed by atoms with Gasteiger partial charge in [0.05, 0.1) is 5.56 Å². The molecule has 1 unspecified atom stereocenters. The summed E-state index contributed by atoms with van der Waals surface area (Å²) in [6, 6.07) is 11.1. The molecule has 0 saturated heterocycles. The van der Waals surface area contributed by atoms with Crippen LogP contribution in [-0.4, -0.2) is 0 Å². The largest absolute Gasteiger partial charge is 0.416 e. The normalized spacial score (nSPS) is 13.0. The number of hydrogen-bond donors (Lipinski definition) is 1. The van der Waals surface area contributed by atoms with Crippen molar-refractivity contribution in [3.8, 4) is 0 Å². The first-order valence-electron chi connectivity index (χ1n) is 6.15. The average molecular weight is 426 g/mol. The summed E-state index contributed by atoms with van der Waals surface area (Å²) in [5.41, 5.74) is 0.581. The van der Waals surface area contributed by atoms with Gasteiger partial charge in [-0.1, -0.05) is 23.7 Å². The van der Waals surface area contributed by atoms with Crippen LogP contribution >= 0.6 is 34.2 Å². The van der Waals surface area contributed by atoms with Gasteiger partial charge in [-0.05, 0) is 65.4 Å². The molecule has 0 heterocycles. The number of anilines is 1. The van der Waals surface area contributed by atoms with Crippen LogP contribution in [0.25, 0.3) is 0 Å². The molecule has 2 aromatic rings. The van der Waals surface area contributed by atoms with Crippen molar-refractivity contribution in [3.63, 3.8) is 0 Å². The number of rotatable bonds is 3. The summed E-state index contributed by atoms with van der Waals surface area (Å²) in [6.45, 7) is 1.89. The van der Waals surface area contributed by atoms with Gasteiger partial charge < -0.3 is 5.32 Å². The standard InChI is InChI=1S/C15H12ClF3IN/c1-9(10-2-4-13(20)5-3-10)21-14-7-11(15(17,18)19)6-12(16)8-14/h2-9,21H,1H3. The zero-order valence-corrected chi connectivity index (χ0v) is 13.9. The summed E-state index contributed by atoms with van der Waals surface area (Å²) >= 11 is 7.96. The predicted molar refractivity (Wildman–Crippen MR) is 87.7 cm³/mol. The van der Waals surface area contributed by atoms with E-state index in [0.29, 0.717) is 5.69 Å². The molecule has 0 saturated carbocycles. The Morgan fingerprint density at radius 1 is 1.10 bits per heavy atom. The average Bonchev–Trinajstić information content (AvgIpc) is 2.37. The van der Waals surface area contributed by atoms with Crippen LogP contribution in [0.5, 0.6) is 0 Å². The Hall–Kier alpha value is -0.950. The molecule has 112 valence electrons. The lowest BCUT2D eigenvalue weighted by Gasteiger charge is -2.17.